The van der Waals surface area contributed by atoms with Crippen LogP contribution in [-0.4, -0.2) is 22.4 Å². The average molecular weight is 258 g/mol. The molecule has 0 unspecified atom stereocenters. The number of hydrogen-bond acceptors (Lipinski definition) is 5. The van der Waals surface area contributed by atoms with Crippen LogP contribution in [0, 0.1) is 11.8 Å². The number of nitrogens with one attached hydrogen (secondary N) is 1. The van der Waals surface area contributed by atoms with Crippen molar-refractivity contribution in [1.82, 2.24) is 9.97 Å². The fourth-order valence-corrected chi connectivity index (χ4v) is 1.75. The van der Waals surface area contributed by atoms with E-state index in [4.69, 9.17) is 5.73 Å². The molecule has 18 heavy (non-hydrogen) atoms. The second-order valence-electron chi connectivity index (χ2n) is 3.26. The van der Waals surface area contributed by atoms with Crippen LogP contribution in [0.4, 0.5) is 5.82 Å². The first-order valence-electron chi connectivity index (χ1n) is 5.14. The number of aromatic nitrogens is 2. The van der Waals surface area contributed by atoms with E-state index in [-0.39, 0.29) is 5.91 Å². The Morgan fingerprint density at radius 3 is 3.17 bits per heavy atom. The van der Waals surface area contributed by atoms with Gasteiger partial charge in [0.05, 0.1) is 18.3 Å². The summed E-state index contributed by atoms with van der Waals surface area (Å²) < 4.78 is 0. The lowest BCUT2D eigenvalue weighted by molar-refractivity contribution is 0.103. The third kappa shape index (κ3) is 3.13. The molecule has 6 heteroatoms. The van der Waals surface area contributed by atoms with Crippen molar-refractivity contribution in [3.63, 3.8) is 0 Å². The van der Waals surface area contributed by atoms with Crippen molar-refractivity contribution in [2.45, 2.75) is 0 Å². The second kappa shape index (κ2) is 5.91. The van der Waals surface area contributed by atoms with Crippen molar-refractivity contribution < 1.29 is 4.79 Å². The molecule has 0 aromatic carbocycles. The fourth-order valence-electron chi connectivity index (χ4n) is 1.24. The van der Waals surface area contributed by atoms with Crippen molar-refractivity contribution in [2.24, 2.45) is 5.73 Å². The van der Waals surface area contributed by atoms with Gasteiger partial charge in [0, 0.05) is 11.8 Å². The highest BCUT2D eigenvalue weighted by Gasteiger charge is 2.08. The Morgan fingerprint density at radius 2 is 2.44 bits per heavy atom. The first-order valence-corrected chi connectivity index (χ1v) is 6.02. The van der Waals surface area contributed by atoms with Gasteiger partial charge in [-0.3, -0.25) is 9.78 Å². The van der Waals surface area contributed by atoms with Gasteiger partial charge >= 0.3 is 0 Å². The summed E-state index contributed by atoms with van der Waals surface area (Å²) in [7, 11) is 0. The van der Waals surface area contributed by atoms with Gasteiger partial charge in [-0.05, 0) is 12.1 Å². The van der Waals surface area contributed by atoms with E-state index in [0.29, 0.717) is 17.2 Å². The summed E-state index contributed by atoms with van der Waals surface area (Å²) in [6.45, 7) is 0.297. The number of thiazole rings is 1. The minimum Gasteiger partial charge on any atom is -0.320 e. The standard InChI is InChI=1S/C12H10N4OS/c13-4-1-2-9-3-5-15-11(6-9)16-12(17)10-7-14-8-18-10/h3,5-8H,4,13H2,(H,15,16,17). The van der Waals surface area contributed by atoms with Gasteiger partial charge in [-0.2, -0.15) is 0 Å². The van der Waals surface area contributed by atoms with E-state index in [2.05, 4.69) is 27.1 Å². The molecule has 2 heterocycles. The van der Waals surface area contributed by atoms with Gasteiger partial charge in [0.1, 0.15) is 10.7 Å². The van der Waals surface area contributed by atoms with Gasteiger partial charge < -0.3 is 11.1 Å². The van der Waals surface area contributed by atoms with Crippen LogP contribution in [0.3, 0.4) is 0 Å². The Labute approximate surface area is 108 Å². The Hall–Kier alpha value is -2.23. The molecule has 2 rings (SSSR count). The van der Waals surface area contributed by atoms with Gasteiger partial charge in [0.25, 0.3) is 5.91 Å². The maximum atomic E-state index is 11.8. The normalized spacial score (nSPS) is 9.39. The third-order valence-electron chi connectivity index (χ3n) is 1.99. The summed E-state index contributed by atoms with van der Waals surface area (Å²) in [6, 6.07) is 3.45. The van der Waals surface area contributed by atoms with E-state index in [1.807, 2.05) is 0 Å². The number of anilines is 1. The van der Waals surface area contributed by atoms with Crippen molar-refractivity contribution in [2.75, 3.05) is 11.9 Å². The number of nitrogens with zero attached hydrogens (tertiary/aromatic N) is 2. The molecule has 0 aliphatic carbocycles. The van der Waals surface area contributed by atoms with Gasteiger partial charge in [0.2, 0.25) is 0 Å². The van der Waals surface area contributed by atoms with Crippen LogP contribution in [0.15, 0.2) is 30.0 Å². The summed E-state index contributed by atoms with van der Waals surface area (Å²) >= 11 is 1.27. The highest BCUT2D eigenvalue weighted by Crippen LogP contribution is 2.10. The number of amides is 1. The number of carbonyl (C=O) groups is 1. The lowest BCUT2D eigenvalue weighted by Gasteiger charge is -2.02. The first-order chi connectivity index (χ1) is 8.79. The Balaban J connectivity index is 2.12. The number of pyridine rings is 1. The summed E-state index contributed by atoms with van der Waals surface area (Å²) in [6.07, 6.45) is 3.10. The predicted octanol–water partition coefficient (Wildman–Crippen LogP) is 1.10. The minimum absolute atomic E-state index is 0.228. The first kappa shape index (κ1) is 12.2. The zero-order valence-corrected chi connectivity index (χ0v) is 10.2. The summed E-state index contributed by atoms with van der Waals surface area (Å²) in [5.41, 5.74) is 7.66. The van der Waals surface area contributed by atoms with Crippen LogP contribution in [-0.2, 0) is 0 Å². The van der Waals surface area contributed by atoms with Crippen LogP contribution in [0.25, 0.3) is 0 Å². The summed E-state index contributed by atoms with van der Waals surface area (Å²) in [4.78, 5) is 20.2. The van der Waals surface area contributed by atoms with Crippen molar-refractivity contribution >= 4 is 23.1 Å². The highest BCUT2D eigenvalue weighted by atomic mass is 32.1. The molecular weight excluding hydrogens is 248 g/mol. The largest absolute Gasteiger partial charge is 0.320 e. The molecule has 1 amide bonds. The molecule has 5 nitrogen and oxygen atoms in total. The molecule has 2 aromatic heterocycles. The van der Waals surface area contributed by atoms with Gasteiger partial charge in [0.15, 0.2) is 0 Å². The second-order valence-corrected chi connectivity index (χ2v) is 4.14. The third-order valence-corrected chi connectivity index (χ3v) is 2.76. The molecular formula is C12H10N4OS. The van der Waals surface area contributed by atoms with E-state index in [9.17, 15) is 4.79 Å². The Kier molecular flexibility index (Phi) is 4.02. The summed E-state index contributed by atoms with van der Waals surface area (Å²) in [5.74, 6) is 5.85. The SMILES string of the molecule is NCC#Cc1ccnc(NC(=O)c2cncs2)c1. The molecule has 0 bridgehead atoms. The maximum absolute atomic E-state index is 11.8. The van der Waals surface area contributed by atoms with E-state index in [1.54, 1.807) is 23.8 Å². The van der Waals surface area contributed by atoms with Crippen LogP contribution < -0.4 is 11.1 Å². The predicted molar refractivity (Wildman–Crippen MR) is 70.2 cm³/mol. The number of carbonyl (C=O) groups excluding carboxylic acids is 1. The average Bonchev–Trinajstić information content (AvgIpc) is 2.91. The van der Waals surface area contributed by atoms with Crippen LogP contribution in [0.1, 0.15) is 15.2 Å². The van der Waals surface area contributed by atoms with E-state index < -0.39 is 0 Å². The van der Waals surface area contributed by atoms with E-state index >= 15 is 0 Å². The van der Waals surface area contributed by atoms with Crippen LogP contribution in [0.2, 0.25) is 0 Å². The fraction of sp³-hybridized carbons (Fsp3) is 0.0833. The monoisotopic (exact) mass is 258 g/mol. The van der Waals surface area contributed by atoms with E-state index in [1.165, 1.54) is 17.5 Å². The topological polar surface area (TPSA) is 80.9 Å². The molecule has 0 atom stereocenters. The molecule has 0 saturated carbocycles. The summed E-state index contributed by atoms with van der Waals surface area (Å²) in [5, 5.41) is 2.68. The Morgan fingerprint density at radius 1 is 1.56 bits per heavy atom. The molecule has 2 aromatic rings. The van der Waals surface area contributed by atoms with Crippen LogP contribution >= 0.6 is 11.3 Å². The zero-order chi connectivity index (χ0) is 12.8. The molecule has 3 N–H and O–H groups in total. The van der Waals surface area contributed by atoms with Crippen molar-refractivity contribution in [3.8, 4) is 11.8 Å². The molecule has 0 aliphatic heterocycles. The minimum atomic E-state index is -0.228. The number of nitrogens with two attached hydrogens (primary N) is 1. The Bertz CT molecular complexity index is 598. The van der Waals surface area contributed by atoms with Crippen molar-refractivity contribution in [1.29, 1.82) is 0 Å². The lowest BCUT2D eigenvalue weighted by Crippen LogP contribution is -2.11. The van der Waals surface area contributed by atoms with E-state index in [0.717, 1.165) is 5.56 Å². The molecule has 0 saturated heterocycles. The molecule has 90 valence electrons. The maximum Gasteiger partial charge on any atom is 0.268 e. The molecule has 0 spiro atoms. The van der Waals surface area contributed by atoms with Gasteiger partial charge in [-0.25, -0.2) is 4.98 Å². The molecule has 0 aliphatic rings. The van der Waals surface area contributed by atoms with Crippen LogP contribution in [0.5, 0.6) is 0 Å². The smallest absolute Gasteiger partial charge is 0.268 e. The van der Waals surface area contributed by atoms with Gasteiger partial charge in [-0.15, -0.1) is 11.3 Å². The zero-order valence-electron chi connectivity index (χ0n) is 9.38. The molecule has 0 radical (unpaired) electrons. The van der Waals surface area contributed by atoms with Crippen molar-refractivity contribution in [3.05, 3.63) is 40.5 Å². The number of hydrogen-bond donors (Lipinski definition) is 2. The highest BCUT2D eigenvalue weighted by molar-refractivity contribution is 7.11. The van der Waals surface area contributed by atoms with Gasteiger partial charge in [-0.1, -0.05) is 11.8 Å². The molecule has 0 fully saturated rings. The number of rotatable bonds is 2. The lowest BCUT2D eigenvalue weighted by atomic mass is 10.2. The quantitative estimate of drug-likeness (QED) is 0.790.